The smallest absolute Gasteiger partial charge is 0.255 e. The van der Waals surface area contributed by atoms with Crippen molar-refractivity contribution >= 4 is 11.7 Å². The van der Waals surface area contributed by atoms with E-state index in [1.165, 1.54) is 0 Å². The summed E-state index contributed by atoms with van der Waals surface area (Å²) < 4.78 is 1.68. The Hall–Kier alpha value is -2.37. The van der Waals surface area contributed by atoms with Crippen molar-refractivity contribution in [3.63, 3.8) is 0 Å². The zero-order valence-corrected chi connectivity index (χ0v) is 9.42. The minimum atomic E-state index is -0.249. The van der Waals surface area contributed by atoms with Crippen molar-refractivity contribution in [1.29, 1.82) is 0 Å². The molecule has 2 aromatic heterocycles. The fourth-order valence-electron chi connectivity index (χ4n) is 1.43. The van der Waals surface area contributed by atoms with Crippen LogP contribution in [0.5, 0.6) is 0 Å². The van der Waals surface area contributed by atoms with Gasteiger partial charge in [-0.2, -0.15) is 5.10 Å². The maximum Gasteiger partial charge on any atom is 0.255 e. The first-order chi connectivity index (χ1) is 8.16. The maximum absolute atomic E-state index is 11.8. The SMILES string of the molecule is Cn1ccc(CNC(=O)c2cccnc2N)n1. The summed E-state index contributed by atoms with van der Waals surface area (Å²) in [5.41, 5.74) is 6.78. The molecule has 0 aliphatic carbocycles. The van der Waals surface area contributed by atoms with Crippen LogP contribution >= 0.6 is 0 Å². The molecule has 3 N–H and O–H groups in total. The molecule has 88 valence electrons. The van der Waals surface area contributed by atoms with Gasteiger partial charge in [0, 0.05) is 19.4 Å². The lowest BCUT2D eigenvalue weighted by atomic mass is 10.2. The van der Waals surface area contributed by atoms with Crippen LogP contribution in [0.3, 0.4) is 0 Å². The molecule has 0 aromatic carbocycles. The van der Waals surface area contributed by atoms with Crippen molar-refractivity contribution in [2.45, 2.75) is 6.54 Å². The number of amides is 1. The van der Waals surface area contributed by atoms with Gasteiger partial charge in [0.1, 0.15) is 5.82 Å². The third kappa shape index (κ3) is 2.60. The second kappa shape index (κ2) is 4.65. The second-order valence-corrected chi connectivity index (χ2v) is 3.60. The second-order valence-electron chi connectivity index (χ2n) is 3.60. The molecule has 2 rings (SSSR count). The molecule has 2 heterocycles. The number of anilines is 1. The van der Waals surface area contributed by atoms with Crippen LogP contribution in [-0.2, 0) is 13.6 Å². The van der Waals surface area contributed by atoms with Crippen LogP contribution in [0.25, 0.3) is 0 Å². The lowest BCUT2D eigenvalue weighted by Crippen LogP contribution is -2.24. The topological polar surface area (TPSA) is 85.8 Å². The van der Waals surface area contributed by atoms with E-state index in [-0.39, 0.29) is 11.7 Å². The van der Waals surface area contributed by atoms with Crippen molar-refractivity contribution < 1.29 is 4.79 Å². The number of nitrogens with two attached hydrogens (primary N) is 1. The van der Waals surface area contributed by atoms with Gasteiger partial charge in [0.25, 0.3) is 5.91 Å². The predicted molar refractivity (Wildman–Crippen MR) is 63.0 cm³/mol. The van der Waals surface area contributed by atoms with Crippen molar-refractivity contribution in [3.05, 3.63) is 41.9 Å². The van der Waals surface area contributed by atoms with Gasteiger partial charge in [0.05, 0.1) is 17.8 Å². The Morgan fingerprint density at radius 1 is 1.53 bits per heavy atom. The molecule has 1 amide bonds. The third-order valence-electron chi connectivity index (χ3n) is 2.28. The number of carbonyl (C=O) groups is 1. The molecular formula is C11H13N5O. The third-order valence-corrected chi connectivity index (χ3v) is 2.28. The van der Waals surface area contributed by atoms with Crippen LogP contribution in [0.2, 0.25) is 0 Å². The normalized spacial score (nSPS) is 10.2. The summed E-state index contributed by atoms with van der Waals surface area (Å²) in [4.78, 5) is 15.6. The molecule has 0 aliphatic rings. The van der Waals surface area contributed by atoms with Gasteiger partial charge in [-0.15, -0.1) is 0 Å². The summed E-state index contributed by atoms with van der Waals surface area (Å²) in [5.74, 6) is -0.0210. The predicted octanol–water partition coefficient (Wildman–Crippen LogP) is 0.327. The Morgan fingerprint density at radius 2 is 2.35 bits per heavy atom. The number of nitrogens with zero attached hydrogens (tertiary/aromatic N) is 3. The van der Waals surface area contributed by atoms with E-state index in [4.69, 9.17) is 5.73 Å². The Balaban J connectivity index is 2.01. The fourth-order valence-corrected chi connectivity index (χ4v) is 1.43. The largest absolute Gasteiger partial charge is 0.383 e. The van der Waals surface area contributed by atoms with Crippen LogP contribution in [0.4, 0.5) is 5.82 Å². The summed E-state index contributed by atoms with van der Waals surface area (Å²) in [5, 5.41) is 6.89. The van der Waals surface area contributed by atoms with Gasteiger partial charge >= 0.3 is 0 Å². The van der Waals surface area contributed by atoms with Crippen molar-refractivity contribution in [2.24, 2.45) is 7.05 Å². The molecule has 6 nitrogen and oxygen atoms in total. The van der Waals surface area contributed by atoms with E-state index >= 15 is 0 Å². The zero-order chi connectivity index (χ0) is 12.3. The van der Waals surface area contributed by atoms with Gasteiger partial charge in [-0.3, -0.25) is 9.48 Å². The molecule has 6 heteroatoms. The molecule has 0 aliphatic heterocycles. The summed E-state index contributed by atoms with van der Waals surface area (Å²) in [7, 11) is 1.82. The van der Waals surface area contributed by atoms with Crippen LogP contribution in [0.15, 0.2) is 30.6 Å². The number of hydrogen-bond donors (Lipinski definition) is 2. The molecule has 0 fully saturated rings. The summed E-state index contributed by atoms with van der Waals surface area (Å²) in [6.45, 7) is 0.369. The number of carbonyl (C=O) groups excluding carboxylic acids is 1. The molecule has 17 heavy (non-hydrogen) atoms. The lowest BCUT2D eigenvalue weighted by molar-refractivity contribution is 0.0951. The van der Waals surface area contributed by atoms with Crippen LogP contribution in [0.1, 0.15) is 16.1 Å². The summed E-state index contributed by atoms with van der Waals surface area (Å²) >= 11 is 0. The van der Waals surface area contributed by atoms with Gasteiger partial charge in [0.15, 0.2) is 0 Å². The van der Waals surface area contributed by atoms with Crippen LogP contribution in [0, 0.1) is 0 Å². The lowest BCUT2D eigenvalue weighted by Gasteiger charge is -2.04. The molecule has 0 radical (unpaired) electrons. The standard InChI is InChI=1S/C11H13N5O/c1-16-6-4-8(15-16)7-14-11(17)9-3-2-5-13-10(9)12/h2-6H,7H2,1H3,(H2,12,13)(H,14,17). The number of pyridine rings is 1. The van der Waals surface area contributed by atoms with Gasteiger partial charge in [-0.1, -0.05) is 0 Å². The molecule has 2 aromatic rings. The minimum absolute atomic E-state index is 0.228. The van der Waals surface area contributed by atoms with E-state index < -0.39 is 0 Å². The summed E-state index contributed by atoms with van der Waals surface area (Å²) in [6, 6.07) is 5.15. The number of aryl methyl sites for hydroxylation is 1. The van der Waals surface area contributed by atoms with Crippen LogP contribution < -0.4 is 11.1 Å². The van der Waals surface area contributed by atoms with E-state index in [0.717, 1.165) is 5.69 Å². The van der Waals surface area contributed by atoms with E-state index in [1.54, 1.807) is 23.0 Å². The van der Waals surface area contributed by atoms with Crippen LogP contribution in [-0.4, -0.2) is 20.7 Å². The summed E-state index contributed by atoms with van der Waals surface area (Å²) in [6.07, 6.45) is 3.37. The molecule has 0 unspecified atom stereocenters. The number of aromatic nitrogens is 3. The number of nitrogens with one attached hydrogen (secondary N) is 1. The van der Waals surface area contributed by atoms with E-state index in [1.807, 2.05) is 19.3 Å². The van der Waals surface area contributed by atoms with Gasteiger partial charge < -0.3 is 11.1 Å². The number of hydrogen-bond acceptors (Lipinski definition) is 4. The highest BCUT2D eigenvalue weighted by molar-refractivity contribution is 5.98. The Labute approximate surface area is 98.5 Å². The van der Waals surface area contributed by atoms with E-state index in [2.05, 4.69) is 15.4 Å². The monoisotopic (exact) mass is 231 g/mol. The molecule has 0 atom stereocenters. The first-order valence-electron chi connectivity index (χ1n) is 5.14. The first-order valence-corrected chi connectivity index (χ1v) is 5.14. The molecule has 0 spiro atoms. The molecule has 0 bridgehead atoms. The molecule has 0 saturated heterocycles. The average molecular weight is 231 g/mol. The maximum atomic E-state index is 11.8. The van der Waals surface area contributed by atoms with Gasteiger partial charge in [-0.25, -0.2) is 4.98 Å². The highest BCUT2D eigenvalue weighted by atomic mass is 16.1. The fraction of sp³-hybridized carbons (Fsp3) is 0.182. The first kappa shape index (κ1) is 11.1. The van der Waals surface area contributed by atoms with E-state index in [9.17, 15) is 4.79 Å². The van der Waals surface area contributed by atoms with E-state index in [0.29, 0.717) is 12.1 Å². The quantitative estimate of drug-likeness (QED) is 0.797. The van der Waals surface area contributed by atoms with Gasteiger partial charge in [-0.05, 0) is 18.2 Å². The highest BCUT2D eigenvalue weighted by Crippen LogP contribution is 2.06. The van der Waals surface area contributed by atoms with Crippen molar-refractivity contribution in [3.8, 4) is 0 Å². The Bertz CT molecular complexity index is 534. The Morgan fingerprint density at radius 3 is 3.00 bits per heavy atom. The highest BCUT2D eigenvalue weighted by Gasteiger charge is 2.09. The zero-order valence-electron chi connectivity index (χ0n) is 9.42. The molecule has 0 saturated carbocycles. The van der Waals surface area contributed by atoms with Crippen molar-refractivity contribution in [2.75, 3.05) is 5.73 Å². The van der Waals surface area contributed by atoms with Gasteiger partial charge in [0.2, 0.25) is 0 Å². The Kier molecular flexibility index (Phi) is 3.04. The minimum Gasteiger partial charge on any atom is -0.383 e. The number of nitrogen functional groups attached to an aromatic ring is 1. The molecular weight excluding hydrogens is 218 g/mol. The van der Waals surface area contributed by atoms with Crippen molar-refractivity contribution in [1.82, 2.24) is 20.1 Å². The average Bonchev–Trinajstić information content (AvgIpc) is 2.73. The number of rotatable bonds is 3.